The minimum Gasteiger partial charge on any atom is -0.465 e. The lowest BCUT2D eigenvalue weighted by atomic mass is 10.1. The highest BCUT2D eigenvalue weighted by atomic mass is 32.2. The molecule has 0 saturated heterocycles. The van der Waals surface area contributed by atoms with Crippen LogP contribution in [0.4, 0.5) is 11.4 Å². The number of sulfonamides is 1. The summed E-state index contributed by atoms with van der Waals surface area (Å²) in [5, 5.41) is 12.7. The van der Waals surface area contributed by atoms with Crippen LogP contribution in [0.1, 0.15) is 42.6 Å². The Kier molecular flexibility index (Phi) is 10.0. The lowest BCUT2D eigenvalue weighted by Crippen LogP contribution is -2.44. The van der Waals surface area contributed by atoms with Crippen LogP contribution in [-0.2, 0) is 26.0 Å². The summed E-state index contributed by atoms with van der Waals surface area (Å²) >= 11 is 0. The second-order valence-corrected chi connectivity index (χ2v) is 9.44. The van der Waals surface area contributed by atoms with E-state index in [9.17, 15) is 18.0 Å². The fourth-order valence-electron chi connectivity index (χ4n) is 3.08. The summed E-state index contributed by atoms with van der Waals surface area (Å²) in [4.78, 5) is 24.9. The van der Waals surface area contributed by atoms with Crippen molar-refractivity contribution in [3.63, 3.8) is 0 Å². The van der Waals surface area contributed by atoms with E-state index in [4.69, 9.17) is 15.9 Å². The number of unbranched alkanes of at least 4 members (excludes halogenated alkanes) is 1. The highest BCUT2D eigenvalue weighted by Gasteiger charge is 2.25. The van der Waals surface area contributed by atoms with E-state index >= 15 is 0 Å². The van der Waals surface area contributed by atoms with Crippen LogP contribution in [0, 0.1) is 5.41 Å². The van der Waals surface area contributed by atoms with E-state index in [1.54, 1.807) is 55.5 Å². The lowest BCUT2D eigenvalue weighted by Gasteiger charge is -2.18. The standard InChI is InChI=1S/C23H31N5O5S/c1-3-5-13-34(31,32)28-20(22(30)33-4-2)14-16-9-11-18(12-10-16)26-21(29)17-7-6-8-19(15-17)27-23(24)25/h6-12,15,20,28H,3-5,13-14H2,1-2H3,(H,26,29)(H4,24,25,27)/t20-/m0/s1. The second-order valence-electron chi connectivity index (χ2n) is 7.57. The first-order valence-electron chi connectivity index (χ1n) is 10.9. The maximum atomic E-state index is 12.6. The fourth-order valence-corrected chi connectivity index (χ4v) is 4.48. The monoisotopic (exact) mass is 489 g/mol. The molecular formula is C23H31N5O5S. The number of benzene rings is 2. The zero-order chi connectivity index (χ0) is 25.1. The molecule has 0 fully saturated rings. The van der Waals surface area contributed by atoms with E-state index in [1.807, 2.05) is 6.92 Å². The molecule has 184 valence electrons. The summed E-state index contributed by atoms with van der Waals surface area (Å²) in [5.74, 6) is -1.29. The number of guanidine groups is 1. The molecule has 0 aliphatic rings. The topological polar surface area (TPSA) is 163 Å². The van der Waals surface area contributed by atoms with Crippen LogP contribution in [-0.4, -0.2) is 44.7 Å². The highest BCUT2D eigenvalue weighted by molar-refractivity contribution is 7.89. The Labute approximate surface area is 199 Å². The van der Waals surface area contributed by atoms with Gasteiger partial charge in [0.05, 0.1) is 12.4 Å². The maximum Gasteiger partial charge on any atom is 0.324 e. The van der Waals surface area contributed by atoms with Gasteiger partial charge >= 0.3 is 5.97 Å². The molecular weight excluding hydrogens is 458 g/mol. The van der Waals surface area contributed by atoms with E-state index in [-0.39, 0.29) is 30.6 Å². The van der Waals surface area contributed by atoms with Crippen molar-refractivity contribution in [3.8, 4) is 0 Å². The van der Waals surface area contributed by atoms with Gasteiger partial charge in [-0.2, -0.15) is 0 Å². The molecule has 0 heterocycles. The van der Waals surface area contributed by atoms with Crippen LogP contribution in [0.3, 0.4) is 0 Å². The summed E-state index contributed by atoms with van der Waals surface area (Å²) in [7, 11) is -3.63. The molecule has 0 spiro atoms. The van der Waals surface area contributed by atoms with E-state index in [2.05, 4.69) is 15.4 Å². The van der Waals surface area contributed by atoms with Gasteiger partial charge in [-0.25, -0.2) is 13.1 Å². The normalized spacial score (nSPS) is 11.9. The third-order valence-electron chi connectivity index (χ3n) is 4.71. The quantitative estimate of drug-likeness (QED) is 0.174. The average Bonchev–Trinajstić information content (AvgIpc) is 2.78. The number of nitrogens with one attached hydrogen (secondary N) is 4. The molecule has 2 rings (SSSR count). The van der Waals surface area contributed by atoms with Gasteiger partial charge in [0, 0.05) is 16.9 Å². The number of nitrogens with two attached hydrogens (primary N) is 1. The summed E-state index contributed by atoms with van der Waals surface area (Å²) in [5.41, 5.74) is 7.43. The predicted octanol–water partition coefficient (Wildman–Crippen LogP) is 2.44. The zero-order valence-corrected chi connectivity index (χ0v) is 20.1. The van der Waals surface area contributed by atoms with Crippen molar-refractivity contribution in [3.05, 3.63) is 59.7 Å². The average molecular weight is 490 g/mol. The molecule has 0 aliphatic carbocycles. The van der Waals surface area contributed by atoms with Crippen molar-refractivity contribution >= 4 is 39.2 Å². The van der Waals surface area contributed by atoms with Crippen LogP contribution < -0.4 is 21.1 Å². The Morgan fingerprint density at radius 2 is 1.76 bits per heavy atom. The van der Waals surface area contributed by atoms with Crippen molar-refractivity contribution in [2.75, 3.05) is 23.0 Å². The summed E-state index contributed by atoms with van der Waals surface area (Å²) in [6.45, 7) is 3.68. The number of hydrogen-bond acceptors (Lipinski definition) is 6. The van der Waals surface area contributed by atoms with Gasteiger partial charge in [-0.3, -0.25) is 15.0 Å². The Morgan fingerprint density at radius 1 is 1.06 bits per heavy atom. The van der Waals surface area contributed by atoms with E-state index < -0.39 is 22.0 Å². The predicted molar refractivity (Wildman–Crippen MR) is 132 cm³/mol. The summed E-state index contributed by atoms with van der Waals surface area (Å²) < 4.78 is 32.1. The van der Waals surface area contributed by atoms with Crippen molar-refractivity contribution in [1.29, 1.82) is 5.41 Å². The molecule has 0 unspecified atom stereocenters. The number of carbonyl (C=O) groups is 2. The molecule has 1 amide bonds. The number of esters is 1. The van der Waals surface area contributed by atoms with Crippen LogP contribution in [0.25, 0.3) is 0 Å². The summed E-state index contributed by atoms with van der Waals surface area (Å²) in [6.07, 6.45) is 1.32. The Morgan fingerprint density at radius 3 is 2.38 bits per heavy atom. The third-order valence-corrected chi connectivity index (χ3v) is 6.18. The Hall–Kier alpha value is -3.44. The van der Waals surface area contributed by atoms with Gasteiger partial charge in [-0.15, -0.1) is 0 Å². The van der Waals surface area contributed by atoms with Crippen LogP contribution in [0.15, 0.2) is 48.5 Å². The molecule has 2 aromatic rings. The molecule has 6 N–H and O–H groups in total. The first-order chi connectivity index (χ1) is 16.1. The lowest BCUT2D eigenvalue weighted by molar-refractivity contribution is -0.145. The largest absolute Gasteiger partial charge is 0.465 e. The first kappa shape index (κ1) is 26.8. The molecule has 0 saturated carbocycles. The third kappa shape index (κ3) is 8.83. The van der Waals surface area contributed by atoms with Gasteiger partial charge in [0.2, 0.25) is 10.0 Å². The minimum atomic E-state index is -3.63. The van der Waals surface area contributed by atoms with Gasteiger partial charge in [-0.05, 0) is 55.7 Å². The van der Waals surface area contributed by atoms with Gasteiger partial charge < -0.3 is 21.1 Å². The molecule has 0 aliphatic heterocycles. The molecule has 34 heavy (non-hydrogen) atoms. The minimum absolute atomic E-state index is 0.0620. The summed E-state index contributed by atoms with van der Waals surface area (Å²) in [6, 6.07) is 12.2. The van der Waals surface area contributed by atoms with E-state index in [0.717, 1.165) is 6.42 Å². The Bertz CT molecular complexity index is 1100. The number of ether oxygens (including phenoxy) is 1. The maximum absolute atomic E-state index is 12.6. The first-order valence-corrected chi connectivity index (χ1v) is 12.6. The van der Waals surface area contributed by atoms with Gasteiger partial charge in [-0.1, -0.05) is 31.5 Å². The molecule has 2 aromatic carbocycles. The number of rotatable bonds is 12. The number of hydrogen-bond donors (Lipinski definition) is 5. The van der Waals surface area contributed by atoms with Crippen molar-refractivity contribution in [1.82, 2.24) is 4.72 Å². The van der Waals surface area contributed by atoms with Gasteiger partial charge in [0.15, 0.2) is 5.96 Å². The van der Waals surface area contributed by atoms with Crippen LogP contribution >= 0.6 is 0 Å². The van der Waals surface area contributed by atoms with Crippen LogP contribution in [0.5, 0.6) is 0 Å². The molecule has 11 heteroatoms. The number of carbonyl (C=O) groups excluding carboxylic acids is 2. The SMILES string of the molecule is CCCCS(=O)(=O)N[C@@H](Cc1ccc(NC(=O)c2cccc(NC(=N)N)c2)cc1)C(=O)OCC. The Balaban J connectivity index is 2.08. The number of anilines is 2. The van der Waals surface area contributed by atoms with Crippen molar-refractivity contribution < 1.29 is 22.7 Å². The molecule has 1 atom stereocenters. The second kappa shape index (κ2) is 12.7. The highest BCUT2D eigenvalue weighted by Crippen LogP contribution is 2.16. The van der Waals surface area contributed by atoms with E-state index in [0.29, 0.717) is 28.9 Å². The molecule has 0 aromatic heterocycles. The molecule has 0 radical (unpaired) electrons. The molecule has 10 nitrogen and oxygen atoms in total. The van der Waals surface area contributed by atoms with E-state index in [1.165, 1.54) is 0 Å². The number of amides is 1. The fraction of sp³-hybridized carbons (Fsp3) is 0.348. The van der Waals surface area contributed by atoms with Gasteiger partial charge in [0.1, 0.15) is 6.04 Å². The van der Waals surface area contributed by atoms with Crippen LogP contribution in [0.2, 0.25) is 0 Å². The van der Waals surface area contributed by atoms with Crippen molar-refractivity contribution in [2.24, 2.45) is 5.73 Å². The van der Waals surface area contributed by atoms with Crippen molar-refractivity contribution in [2.45, 2.75) is 39.2 Å². The van der Waals surface area contributed by atoms with Gasteiger partial charge in [0.25, 0.3) is 5.91 Å². The molecule has 0 bridgehead atoms. The smallest absolute Gasteiger partial charge is 0.324 e. The zero-order valence-electron chi connectivity index (χ0n) is 19.3.